The van der Waals surface area contributed by atoms with E-state index in [1.165, 1.54) is 37.4 Å². The van der Waals surface area contributed by atoms with Gasteiger partial charge in [0.15, 0.2) is 0 Å². The second-order valence-electron chi connectivity index (χ2n) is 5.83. The Labute approximate surface area is 159 Å². The van der Waals surface area contributed by atoms with Crippen LogP contribution in [-0.4, -0.2) is 27.1 Å². The van der Waals surface area contributed by atoms with Crippen LogP contribution >= 0.6 is 0 Å². The molecule has 8 heteroatoms. The minimum Gasteiger partial charge on any atom is -0.494 e. The third kappa shape index (κ3) is 6.74. The third-order valence-electron chi connectivity index (χ3n) is 3.50. The Morgan fingerprint density at radius 1 is 1.19 bits per heavy atom. The van der Waals surface area contributed by atoms with Gasteiger partial charge in [0.25, 0.3) is 10.0 Å². The molecule has 0 fully saturated rings. The molecule has 0 aromatic heterocycles. The number of hydrogen-bond acceptors (Lipinski definition) is 5. The van der Waals surface area contributed by atoms with Crippen molar-refractivity contribution in [1.82, 2.24) is 4.83 Å². The number of sulfonamides is 1. The number of ether oxygens (including phenoxy) is 1. The van der Waals surface area contributed by atoms with Crippen molar-refractivity contribution in [1.29, 1.82) is 0 Å². The topological polar surface area (TPSA) is 96.9 Å². The Morgan fingerprint density at radius 2 is 1.93 bits per heavy atom. The number of carbonyl (C=O) groups excluding carboxylic acids is 1. The van der Waals surface area contributed by atoms with Gasteiger partial charge >= 0.3 is 0 Å². The molecule has 2 aromatic rings. The highest BCUT2D eigenvalue weighted by Gasteiger charge is 2.12. The lowest BCUT2D eigenvalue weighted by atomic mass is 10.2. The van der Waals surface area contributed by atoms with Gasteiger partial charge in [-0.05, 0) is 48.4 Å². The molecule has 0 aliphatic carbocycles. The van der Waals surface area contributed by atoms with E-state index in [0.29, 0.717) is 23.6 Å². The maximum Gasteiger partial charge on any atom is 0.276 e. The molecule has 0 atom stereocenters. The molecule has 0 saturated heterocycles. The van der Waals surface area contributed by atoms with Crippen LogP contribution in [0.5, 0.6) is 5.75 Å². The van der Waals surface area contributed by atoms with Gasteiger partial charge in [0.2, 0.25) is 5.91 Å². The highest BCUT2D eigenvalue weighted by molar-refractivity contribution is 7.89. The van der Waals surface area contributed by atoms with Gasteiger partial charge in [0.1, 0.15) is 5.75 Å². The molecule has 0 aliphatic rings. The third-order valence-corrected chi connectivity index (χ3v) is 4.73. The number of rotatable bonds is 9. The minimum atomic E-state index is -3.80. The number of unbranched alkanes of at least 4 members (excludes halogenated alkanes) is 1. The van der Waals surface area contributed by atoms with Crippen LogP contribution in [0.25, 0.3) is 0 Å². The van der Waals surface area contributed by atoms with Gasteiger partial charge in [-0.2, -0.15) is 13.5 Å². The molecule has 0 aliphatic heterocycles. The van der Waals surface area contributed by atoms with E-state index in [0.717, 1.165) is 12.8 Å². The van der Waals surface area contributed by atoms with Crippen LogP contribution in [0.2, 0.25) is 0 Å². The number of benzene rings is 2. The normalized spacial score (nSPS) is 11.3. The average Bonchev–Trinajstić information content (AvgIpc) is 2.62. The largest absolute Gasteiger partial charge is 0.494 e. The minimum absolute atomic E-state index is 0.0467. The SMILES string of the molecule is CCCCOc1cccc(/C=N/NS(=O)(=O)c2ccc(NC(C)=O)cc2)c1. The fourth-order valence-corrected chi connectivity index (χ4v) is 2.95. The maximum atomic E-state index is 12.3. The lowest BCUT2D eigenvalue weighted by Gasteiger charge is -2.06. The number of anilines is 1. The highest BCUT2D eigenvalue weighted by atomic mass is 32.2. The van der Waals surface area contributed by atoms with Crippen molar-refractivity contribution >= 4 is 27.8 Å². The van der Waals surface area contributed by atoms with Crippen molar-refractivity contribution in [2.24, 2.45) is 5.10 Å². The van der Waals surface area contributed by atoms with Gasteiger partial charge in [-0.25, -0.2) is 4.83 Å². The first-order chi connectivity index (χ1) is 12.9. The monoisotopic (exact) mass is 389 g/mol. The van der Waals surface area contributed by atoms with E-state index in [9.17, 15) is 13.2 Å². The molecule has 0 spiro atoms. The van der Waals surface area contributed by atoms with Gasteiger partial charge in [-0.3, -0.25) is 4.79 Å². The van der Waals surface area contributed by atoms with Crippen LogP contribution in [0.4, 0.5) is 5.69 Å². The zero-order valence-corrected chi connectivity index (χ0v) is 16.1. The summed E-state index contributed by atoms with van der Waals surface area (Å²) < 4.78 is 30.1. The molecular formula is C19H23N3O4S. The maximum absolute atomic E-state index is 12.3. The van der Waals surface area contributed by atoms with Gasteiger partial charge < -0.3 is 10.1 Å². The fraction of sp³-hybridized carbons (Fsp3) is 0.263. The summed E-state index contributed by atoms with van der Waals surface area (Å²) in [4.78, 5) is 13.2. The zero-order valence-electron chi connectivity index (χ0n) is 15.3. The first-order valence-corrected chi connectivity index (χ1v) is 10.0. The van der Waals surface area contributed by atoms with E-state index < -0.39 is 10.0 Å². The van der Waals surface area contributed by atoms with Crippen molar-refractivity contribution in [2.45, 2.75) is 31.6 Å². The van der Waals surface area contributed by atoms with E-state index in [2.05, 4.69) is 22.2 Å². The molecule has 144 valence electrons. The quantitative estimate of drug-likeness (QED) is 0.391. The predicted octanol–water partition coefficient (Wildman–Crippen LogP) is 3.14. The van der Waals surface area contributed by atoms with E-state index in [4.69, 9.17) is 4.74 Å². The summed E-state index contributed by atoms with van der Waals surface area (Å²) in [5.41, 5.74) is 1.23. The molecule has 0 heterocycles. The molecule has 27 heavy (non-hydrogen) atoms. The lowest BCUT2D eigenvalue weighted by Crippen LogP contribution is -2.18. The zero-order chi connectivity index (χ0) is 19.7. The molecule has 2 aromatic carbocycles. The molecule has 0 unspecified atom stereocenters. The second kappa shape index (κ2) is 9.72. The summed E-state index contributed by atoms with van der Waals surface area (Å²) in [6.07, 6.45) is 3.43. The Balaban J connectivity index is 2.00. The Bertz CT molecular complexity index is 893. The van der Waals surface area contributed by atoms with E-state index in [-0.39, 0.29) is 10.8 Å². The van der Waals surface area contributed by atoms with Crippen molar-refractivity contribution < 1.29 is 17.9 Å². The van der Waals surface area contributed by atoms with E-state index >= 15 is 0 Å². The second-order valence-corrected chi connectivity index (χ2v) is 7.49. The highest BCUT2D eigenvalue weighted by Crippen LogP contribution is 2.15. The molecule has 7 nitrogen and oxygen atoms in total. The fourth-order valence-electron chi connectivity index (χ4n) is 2.16. The number of nitrogens with zero attached hydrogens (tertiary/aromatic N) is 1. The summed E-state index contributed by atoms with van der Waals surface area (Å²) >= 11 is 0. The summed E-state index contributed by atoms with van der Waals surface area (Å²) in [5.74, 6) is 0.484. The summed E-state index contributed by atoms with van der Waals surface area (Å²) in [7, 11) is -3.80. The number of hydrazone groups is 1. The Kier molecular flexibility index (Phi) is 7.36. The van der Waals surface area contributed by atoms with Gasteiger partial charge in [0, 0.05) is 12.6 Å². The van der Waals surface area contributed by atoms with Crippen molar-refractivity contribution in [3.05, 3.63) is 54.1 Å². The van der Waals surface area contributed by atoms with E-state index in [1.54, 1.807) is 12.1 Å². The van der Waals surface area contributed by atoms with E-state index in [1.807, 2.05) is 12.1 Å². The smallest absolute Gasteiger partial charge is 0.276 e. The molecule has 0 saturated carbocycles. The number of hydrogen-bond donors (Lipinski definition) is 2. The van der Waals surface area contributed by atoms with Crippen LogP contribution in [0.3, 0.4) is 0 Å². The molecule has 1 amide bonds. The van der Waals surface area contributed by atoms with Crippen LogP contribution in [0.1, 0.15) is 32.3 Å². The number of amides is 1. The molecule has 2 rings (SSSR count). The van der Waals surface area contributed by atoms with Crippen LogP contribution < -0.4 is 14.9 Å². The first kappa shape index (κ1) is 20.4. The Morgan fingerprint density at radius 3 is 2.59 bits per heavy atom. The number of nitrogens with one attached hydrogen (secondary N) is 2. The van der Waals surface area contributed by atoms with Crippen molar-refractivity contribution in [2.75, 3.05) is 11.9 Å². The molecule has 2 N–H and O–H groups in total. The van der Waals surface area contributed by atoms with Crippen LogP contribution in [-0.2, 0) is 14.8 Å². The summed E-state index contributed by atoms with van der Waals surface area (Å²) in [6.45, 7) is 4.11. The average molecular weight is 389 g/mol. The predicted molar refractivity (Wildman–Crippen MR) is 106 cm³/mol. The lowest BCUT2D eigenvalue weighted by molar-refractivity contribution is -0.114. The Hall–Kier alpha value is -2.87. The molecule has 0 radical (unpaired) electrons. The van der Waals surface area contributed by atoms with Gasteiger partial charge in [-0.15, -0.1) is 0 Å². The summed E-state index contributed by atoms with van der Waals surface area (Å²) in [5, 5.41) is 6.39. The van der Waals surface area contributed by atoms with Crippen LogP contribution in [0, 0.1) is 0 Å². The first-order valence-electron chi connectivity index (χ1n) is 8.56. The number of carbonyl (C=O) groups is 1. The summed E-state index contributed by atoms with van der Waals surface area (Å²) in [6, 6.07) is 13.1. The van der Waals surface area contributed by atoms with Crippen LogP contribution in [0.15, 0.2) is 58.5 Å². The van der Waals surface area contributed by atoms with Crippen molar-refractivity contribution in [3.63, 3.8) is 0 Å². The van der Waals surface area contributed by atoms with Gasteiger partial charge in [-0.1, -0.05) is 25.5 Å². The van der Waals surface area contributed by atoms with Crippen molar-refractivity contribution in [3.8, 4) is 5.75 Å². The molecular weight excluding hydrogens is 366 g/mol. The molecule has 0 bridgehead atoms. The van der Waals surface area contributed by atoms with Gasteiger partial charge in [0.05, 0.1) is 17.7 Å². The standard InChI is InChI=1S/C19H23N3O4S/c1-3-4-12-26-18-7-5-6-16(13-18)14-20-22-27(24,25)19-10-8-17(9-11-19)21-15(2)23/h5-11,13-14,22H,3-4,12H2,1-2H3,(H,21,23)/b20-14+.